The number of methoxy groups -OCH3 is 1. The largest absolute Gasteiger partial charge is 0.507 e. The average Bonchev–Trinajstić information content (AvgIpc) is 3.35. The van der Waals surface area contributed by atoms with Crippen LogP contribution >= 0.6 is 0 Å². The highest BCUT2D eigenvalue weighted by molar-refractivity contribution is 6.27. The van der Waals surface area contributed by atoms with Gasteiger partial charge in [0, 0.05) is 61.3 Å². The van der Waals surface area contributed by atoms with Crippen molar-refractivity contribution in [2.24, 2.45) is 29.4 Å². The molecule has 0 saturated carbocycles. The number of ketones is 3. The molecular formula is C37H48N2O12. The van der Waals surface area contributed by atoms with Gasteiger partial charge in [0.1, 0.15) is 23.6 Å². The van der Waals surface area contributed by atoms with Gasteiger partial charge in [0.25, 0.3) is 5.78 Å². The highest BCUT2D eigenvalue weighted by Gasteiger charge is 2.54. The maximum atomic E-state index is 14.0. The van der Waals surface area contributed by atoms with Crippen LogP contribution in [0, 0.1) is 30.6 Å². The monoisotopic (exact) mass is 712 g/mol. The number of rotatable bonds is 2. The van der Waals surface area contributed by atoms with Crippen molar-refractivity contribution in [1.82, 2.24) is 5.32 Å². The fourth-order valence-electron chi connectivity index (χ4n) is 6.97. The predicted octanol–water partition coefficient (Wildman–Crippen LogP) is 2.44. The number of esters is 1. The summed E-state index contributed by atoms with van der Waals surface area (Å²) < 4.78 is 23.1. The predicted molar refractivity (Wildman–Crippen MR) is 183 cm³/mol. The Labute approximate surface area is 296 Å². The second kappa shape index (κ2) is 15.1. The standard InChI is InChI=1S/C37H48N2O12/c1-15-11-10-12-16(2)36(47)39-27-26(38)31(44)23-24(32(27)45)30(43)20(6)34-25(23)35(46)37(8,51-34)49-14-13-22(48-9)17(3)33(50-21(7)40)19(5)29(42)18(4)28(15)41/h10-15,17-19,22,26-29,33,41-43H,38H2,1-9H3,(H,39,47)/b11-10+,14-13+,16-12-/t15-,17-,18-,19-,22+,26?,27?,28-,29+,33-,37+/m1/s1. The van der Waals surface area contributed by atoms with Gasteiger partial charge in [-0.2, -0.15) is 0 Å². The van der Waals surface area contributed by atoms with Gasteiger partial charge in [-0.1, -0.05) is 45.9 Å². The maximum Gasteiger partial charge on any atom is 0.312 e. The molecule has 3 heterocycles. The molecule has 0 saturated heterocycles. The van der Waals surface area contributed by atoms with E-state index < -0.39 is 112 Å². The second-order valence-corrected chi connectivity index (χ2v) is 13.9. The second-order valence-electron chi connectivity index (χ2n) is 13.9. The molecule has 2 unspecified atom stereocenters. The Morgan fingerprint density at radius 3 is 2.20 bits per heavy atom. The van der Waals surface area contributed by atoms with Gasteiger partial charge < -0.3 is 45.3 Å². The summed E-state index contributed by atoms with van der Waals surface area (Å²) in [5.41, 5.74) is 5.17. The lowest BCUT2D eigenvalue weighted by atomic mass is 9.77. The third-order valence-electron chi connectivity index (χ3n) is 10.3. The summed E-state index contributed by atoms with van der Waals surface area (Å²) >= 11 is 0. The van der Waals surface area contributed by atoms with E-state index in [1.165, 1.54) is 53.0 Å². The van der Waals surface area contributed by atoms with E-state index in [1.807, 2.05) is 0 Å². The molecule has 1 aromatic carbocycles. The number of aliphatic hydroxyl groups excluding tert-OH is 2. The Morgan fingerprint density at radius 1 is 0.941 bits per heavy atom. The summed E-state index contributed by atoms with van der Waals surface area (Å²) in [5.74, 6) is -9.20. The minimum Gasteiger partial charge on any atom is -0.507 e. The molecule has 0 fully saturated rings. The lowest BCUT2D eigenvalue weighted by molar-refractivity contribution is -0.160. The fourth-order valence-corrected chi connectivity index (χ4v) is 6.97. The van der Waals surface area contributed by atoms with Gasteiger partial charge in [0.2, 0.25) is 5.91 Å². The van der Waals surface area contributed by atoms with Crippen LogP contribution in [0.25, 0.3) is 0 Å². The summed E-state index contributed by atoms with van der Waals surface area (Å²) in [6.07, 6.45) is 3.34. The number of hydrogen-bond donors (Lipinski definition) is 5. The molecule has 11 atom stereocenters. The highest BCUT2D eigenvalue weighted by Crippen LogP contribution is 2.48. The topological polar surface area (TPSA) is 221 Å². The van der Waals surface area contributed by atoms with E-state index in [0.29, 0.717) is 0 Å². The average molecular weight is 713 g/mol. The Bertz CT molecular complexity index is 1700. The van der Waals surface area contributed by atoms with Gasteiger partial charge in [0.05, 0.1) is 41.7 Å². The number of phenolic OH excluding ortho intramolecular Hbond substituents is 1. The van der Waals surface area contributed by atoms with Crippen molar-refractivity contribution in [3.8, 4) is 11.5 Å². The molecule has 3 aliphatic heterocycles. The van der Waals surface area contributed by atoms with Gasteiger partial charge in [-0.3, -0.25) is 24.0 Å². The van der Waals surface area contributed by atoms with Crippen LogP contribution in [-0.2, 0) is 23.8 Å². The summed E-state index contributed by atoms with van der Waals surface area (Å²) in [5, 5.41) is 36.2. The highest BCUT2D eigenvalue weighted by atomic mass is 16.7. The van der Waals surface area contributed by atoms with Gasteiger partial charge in [0.15, 0.2) is 11.6 Å². The molecule has 0 spiro atoms. The Balaban J connectivity index is 1.84. The fraction of sp³-hybridized carbons (Fsp3) is 0.541. The first kappa shape index (κ1) is 39.4. The maximum absolute atomic E-state index is 14.0. The van der Waals surface area contributed by atoms with Gasteiger partial charge >= 0.3 is 11.8 Å². The number of carbonyl (C=O) groups excluding carboxylic acids is 5. The molecule has 4 aliphatic rings. The first-order valence-corrected chi connectivity index (χ1v) is 16.8. The van der Waals surface area contributed by atoms with Crippen LogP contribution in [0.1, 0.15) is 85.1 Å². The molecule has 1 aliphatic carbocycles. The van der Waals surface area contributed by atoms with E-state index >= 15 is 0 Å². The van der Waals surface area contributed by atoms with Crippen LogP contribution in [-0.4, -0.2) is 93.9 Å². The molecule has 5 bridgehead atoms. The zero-order chi connectivity index (χ0) is 38.3. The first-order chi connectivity index (χ1) is 23.8. The molecule has 1 amide bonds. The number of ether oxygens (including phenoxy) is 4. The SMILES string of the molecule is CO[C@H]1/C=C/O[C@@]2(C)Oc3c(C)c(O)c4c(c3C2=O)C(=O)C(N)C(NC(=O)/C(C)=C\C=C\[C@@H](C)[C@@H](O)[C@@H](C)[C@H](O)[C@@H](C)[C@H](OC(C)=O)[C@@H]1C)C4=O. The van der Waals surface area contributed by atoms with Crippen molar-refractivity contribution in [1.29, 1.82) is 0 Å². The van der Waals surface area contributed by atoms with Crippen LogP contribution in [0.4, 0.5) is 0 Å². The van der Waals surface area contributed by atoms with Crippen molar-refractivity contribution in [2.45, 2.75) is 97.7 Å². The van der Waals surface area contributed by atoms with Crippen molar-refractivity contribution < 1.29 is 58.2 Å². The van der Waals surface area contributed by atoms with E-state index in [9.17, 15) is 39.3 Å². The molecule has 6 N–H and O–H groups in total. The molecule has 0 radical (unpaired) electrons. The van der Waals surface area contributed by atoms with Gasteiger partial charge in [-0.05, 0) is 19.9 Å². The Morgan fingerprint density at radius 2 is 1.59 bits per heavy atom. The number of hydrogen-bond acceptors (Lipinski definition) is 13. The van der Waals surface area contributed by atoms with E-state index in [1.54, 1.807) is 33.8 Å². The number of aliphatic hydroxyl groups is 2. The summed E-state index contributed by atoms with van der Waals surface area (Å²) in [6.45, 7) is 12.2. The number of Topliss-reactive ketones (excluding diaryl/α,β-unsaturated/α-hetero) is 3. The molecule has 0 aromatic heterocycles. The number of allylic oxidation sites excluding steroid dienone is 2. The number of phenols is 1. The molecule has 5 rings (SSSR count). The van der Waals surface area contributed by atoms with Crippen LogP contribution in [0.3, 0.4) is 0 Å². The summed E-state index contributed by atoms with van der Waals surface area (Å²) in [4.78, 5) is 66.9. The van der Waals surface area contributed by atoms with E-state index in [0.717, 1.165) is 6.26 Å². The first-order valence-electron chi connectivity index (χ1n) is 16.8. The summed E-state index contributed by atoms with van der Waals surface area (Å²) in [6, 6.07) is -3.16. The molecule has 278 valence electrons. The lowest BCUT2D eigenvalue weighted by Crippen LogP contribution is -2.59. The van der Waals surface area contributed by atoms with Crippen LogP contribution in [0.15, 0.2) is 36.1 Å². The van der Waals surface area contributed by atoms with E-state index in [2.05, 4.69) is 5.32 Å². The van der Waals surface area contributed by atoms with Gasteiger partial charge in [-0.15, -0.1) is 0 Å². The smallest absolute Gasteiger partial charge is 0.312 e. The number of nitrogens with one attached hydrogen (secondary N) is 1. The minimum atomic E-state index is -2.06. The Kier molecular flexibility index (Phi) is 11.7. The molecule has 51 heavy (non-hydrogen) atoms. The van der Waals surface area contributed by atoms with Gasteiger partial charge in [-0.25, -0.2) is 0 Å². The molecule has 1 aromatic rings. The number of benzene rings is 1. The quantitative estimate of drug-likeness (QED) is 0.279. The normalized spacial score (nSPS) is 37.1. The number of carbonyl (C=O) groups is 5. The zero-order valence-electron chi connectivity index (χ0n) is 30.3. The molecule has 14 nitrogen and oxygen atoms in total. The van der Waals surface area contributed by atoms with E-state index in [4.69, 9.17) is 24.7 Å². The summed E-state index contributed by atoms with van der Waals surface area (Å²) in [7, 11) is 1.41. The van der Waals surface area contributed by atoms with Crippen LogP contribution in [0.2, 0.25) is 0 Å². The number of fused-ring (bicyclic) bond motifs is 14. The molecule has 14 heteroatoms. The van der Waals surface area contributed by atoms with Crippen molar-refractivity contribution in [2.75, 3.05) is 7.11 Å². The zero-order valence-corrected chi connectivity index (χ0v) is 30.3. The number of amides is 1. The van der Waals surface area contributed by atoms with Crippen molar-refractivity contribution in [3.63, 3.8) is 0 Å². The molecular weight excluding hydrogens is 664 g/mol. The Hall–Kier alpha value is -4.37. The van der Waals surface area contributed by atoms with Crippen LogP contribution < -0.4 is 15.8 Å². The van der Waals surface area contributed by atoms with E-state index in [-0.39, 0.29) is 22.4 Å². The number of aromatic hydroxyl groups is 1. The number of nitrogens with two attached hydrogens (primary N) is 1. The third kappa shape index (κ3) is 7.23. The van der Waals surface area contributed by atoms with Crippen LogP contribution in [0.5, 0.6) is 11.5 Å². The van der Waals surface area contributed by atoms with Crippen molar-refractivity contribution >= 4 is 29.2 Å². The van der Waals surface area contributed by atoms with Crippen molar-refractivity contribution in [3.05, 3.63) is 58.4 Å². The minimum absolute atomic E-state index is 0.00691. The lowest BCUT2D eigenvalue weighted by Gasteiger charge is -2.38. The third-order valence-corrected chi connectivity index (χ3v) is 10.3.